The fourth-order valence-electron chi connectivity index (χ4n) is 3.07. The van der Waals surface area contributed by atoms with Crippen molar-refractivity contribution in [3.05, 3.63) is 23.8 Å². The maximum atomic E-state index is 11.7. The molecule has 116 valence electrons. The number of Topliss-reactive ketones (excluding diaryl/α,β-unsaturated/α-hetero) is 1. The maximum Gasteiger partial charge on any atom is 0.160 e. The number of quaternary nitrogens is 1. The average molecular weight is 292 g/mol. The second-order valence-corrected chi connectivity index (χ2v) is 5.89. The van der Waals surface area contributed by atoms with Gasteiger partial charge in [0.15, 0.2) is 11.5 Å². The van der Waals surface area contributed by atoms with Gasteiger partial charge in [-0.1, -0.05) is 6.07 Å². The number of piperidine rings is 1. The van der Waals surface area contributed by atoms with Crippen LogP contribution in [0.5, 0.6) is 11.5 Å². The van der Waals surface area contributed by atoms with Gasteiger partial charge in [0, 0.05) is 6.42 Å². The summed E-state index contributed by atoms with van der Waals surface area (Å²) in [5, 5.41) is 0. The first-order valence-corrected chi connectivity index (χ1v) is 7.65. The molecule has 0 radical (unpaired) electrons. The normalized spacial score (nSPS) is 25.7. The summed E-state index contributed by atoms with van der Waals surface area (Å²) in [6.07, 6.45) is 1.70. The van der Waals surface area contributed by atoms with Crippen molar-refractivity contribution in [1.29, 1.82) is 0 Å². The van der Waals surface area contributed by atoms with E-state index in [1.165, 1.54) is 10.5 Å². The van der Waals surface area contributed by atoms with Crippen molar-refractivity contribution >= 4 is 5.78 Å². The molecule has 0 saturated carbocycles. The summed E-state index contributed by atoms with van der Waals surface area (Å²) >= 11 is 0. The number of carbonyl (C=O) groups excluding carboxylic acids is 1. The van der Waals surface area contributed by atoms with Gasteiger partial charge < -0.3 is 14.4 Å². The molecule has 3 atom stereocenters. The van der Waals surface area contributed by atoms with Crippen molar-refractivity contribution in [1.82, 2.24) is 0 Å². The lowest BCUT2D eigenvalue weighted by molar-refractivity contribution is -0.928. The lowest BCUT2D eigenvalue weighted by atomic mass is 9.90. The molecule has 1 N–H and O–H groups in total. The number of likely N-dealkylation sites (tertiary alicyclic amines) is 1. The third-order valence-electron chi connectivity index (χ3n) is 4.78. The summed E-state index contributed by atoms with van der Waals surface area (Å²) in [5.41, 5.74) is 1.25. The Labute approximate surface area is 127 Å². The van der Waals surface area contributed by atoms with Gasteiger partial charge in [0.2, 0.25) is 0 Å². The third-order valence-corrected chi connectivity index (χ3v) is 4.78. The second-order valence-electron chi connectivity index (χ2n) is 5.89. The zero-order chi connectivity index (χ0) is 15.4. The number of ketones is 1. The zero-order valence-electron chi connectivity index (χ0n) is 13.4. The highest BCUT2D eigenvalue weighted by molar-refractivity contribution is 5.81. The van der Waals surface area contributed by atoms with Crippen LogP contribution < -0.4 is 14.4 Å². The Kier molecular flexibility index (Phi) is 5.23. The Morgan fingerprint density at radius 3 is 2.57 bits per heavy atom. The molecule has 1 heterocycles. The Balaban J connectivity index is 1.98. The van der Waals surface area contributed by atoms with Crippen LogP contribution in [0.3, 0.4) is 0 Å². The molecule has 21 heavy (non-hydrogen) atoms. The van der Waals surface area contributed by atoms with Crippen molar-refractivity contribution in [2.45, 2.75) is 32.7 Å². The first kappa shape index (κ1) is 15.8. The smallest absolute Gasteiger partial charge is 0.160 e. The van der Waals surface area contributed by atoms with Crippen LogP contribution in [0, 0.1) is 5.92 Å². The standard InChI is InChI=1S/C17H25NO3/c1-12-13(2)18(10-8-15(12)19)9-7-14-5-6-16(20-3)17(11-14)21-4/h5-6,11-13H,7-10H2,1-4H3/p+1/t12-,13-/m1/s1. The molecule has 1 aromatic rings. The molecular formula is C17H26NO3+. The largest absolute Gasteiger partial charge is 0.493 e. The van der Waals surface area contributed by atoms with E-state index in [0.29, 0.717) is 18.2 Å². The lowest BCUT2D eigenvalue weighted by Gasteiger charge is -2.33. The summed E-state index contributed by atoms with van der Waals surface area (Å²) in [7, 11) is 3.31. The second kappa shape index (κ2) is 6.94. The minimum absolute atomic E-state index is 0.180. The molecule has 4 nitrogen and oxygen atoms in total. The SMILES string of the molecule is COc1ccc(CC[NH+]2CCC(=O)[C@H](C)[C@H]2C)cc1OC. The highest BCUT2D eigenvalue weighted by Gasteiger charge is 2.33. The van der Waals surface area contributed by atoms with Crippen LogP contribution in [0.4, 0.5) is 0 Å². The molecule has 1 aliphatic heterocycles. The van der Waals surface area contributed by atoms with E-state index in [-0.39, 0.29) is 5.92 Å². The molecular weight excluding hydrogens is 266 g/mol. The molecule has 1 saturated heterocycles. The fraction of sp³-hybridized carbons (Fsp3) is 0.588. The van der Waals surface area contributed by atoms with Crippen LogP contribution in [-0.4, -0.2) is 39.1 Å². The third kappa shape index (κ3) is 3.56. The number of nitrogens with one attached hydrogen (secondary N) is 1. The van der Waals surface area contributed by atoms with Crippen molar-refractivity contribution in [3.63, 3.8) is 0 Å². The van der Waals surface area contributed by atoms with Gasteiger partial charge in [0.1, 0.15) is 5.78 Å². The molecule has 0 bridgehead atoms. The molecule has 0 aliphatic carbocycles. The van der Waals surface area contributed by atoms with Gasteiger partial charge in [0.25, 0.3) is 0 Å². The van der Waals surface area contributed by atoms with E-state index in [1.54, 1.807) is 14.2 Å². The minimum Gasteiger partial charge on any atom is -0.493 e. The average Bonchev–Trinajstić information content (AvgIpc) is 2.51. The van der Waals surface area contributed by atoms with E-state index < -0.39 is 0 Å². The van der Waals surface area contributed by atoms with Crippen LogP contribution in [-0.2, 0) is 11.2 Å². The summed E-state index contributed by atoms with van der Waals surface area (Å²) in [6, 6.07) is 6.49. The first-order valence-electron chi connectivity index (χ1n) is 7.65. The summed E-state index contributed by atoms with van der Waals surface area (Å²) in [4.78, 5) is 13.3. The number of benzene rings is 1. The number of rotatable bonds is 5. The van der Waals surface area contributed by atoms with Crippen LogP contribution in [0.15, 0.2) is 18.2 Å². The van der Waals surface area contributed by atoms with Gasteiger partial charge in [-0.05, 0) is 31.5 Å². The van der Waals surface area contributed by atoms with E-state index in [4.69, 9.17) is 9.47 Å². The number of ether oxygens (including phenoxy) is 2. The highest BCUT2D eigenvalue weighted by Crippen LogP contribution is 2.27. The molecule has 1 aliphatic rings. The van der Waals surface area contributed by atoms with Gasteiger partial charge in [-0.3, -0.25) is 4.79 Å². The topological polar surface area (TPSA) is 40.0 Å². The minimum atomic E-state index is 0.180. The number of carbonyl (C=O) groups is 1. The van der Waals surface area contributed by atoms with E-state index >= 15 is 0 Å². The monoisotopic (exact) mass is 292 g/mol. The van der Waals surface area contributed by atoms with Crippen molar-refractivity contribution in [2.24, 2.45) is 5.92 Å². The van der Waals surface area contributed by atoms with Gasteiger partial charge in [-0.15, -0.1) is 0 Å². The molecule has 1 aromatic carbocycles. The molecule has 0 spiro atoms. The quantitative estimate of drug-likeness (QED) is 0.884. The van der Waals surface area contributed by atoms with Crippen LogP contribution in [0.1, 0.15) is 25.8 Å². The molecule has 4 heteroatoms. The Morgan fingerprint density at radius 2 is 1.90 bits per heavy atom. The Hall–Kier alpha value is -1.55. The molecule has 1 fully saturated rings. The van der Waals surface area contributed by atoms with E-state index in [2.05, 4.69) is 19.9 Å². The van der Waals surface area contributed by atoms with Gasteiger partial charge >= 0.3 is 0 Å². The van der Waals surface area contributed by atoms with Crippen LogP contribution >= 0.6 is 0 Å². The Bertz CT molecular complexity index is 501. The van der Waals surface area contributed by atoms with Crippen molar-refractivity contribution in [2.75, 3.05) is 27.3 Å². The van der Waals surface area contributed by atoms with E-state index in [9.17, 15) is 4.79 Å². The number of hydrogen-bond donors (Lipinski definition) is 1. The lowest BCUT2D eigenvalue weighted by Crippen LogP contribution is -3.17. The van der Waals surface area contributed by atoms with E-state index in [0.717, 1.165) is 31.0 Å². The summed E-state index contributed by atoms with van der Waals surface area (Å²) in [5.74, 6) is 2.14. The molecule has 0 amide bonds. The Morgan fingerprint density at radius 1 is 1.19 bits per heavy atom. The summed E-state index contributed by atoms with van der Waals surface area (Å²) in [6.45, 7) is 6.25. The van der Waals surface area contributed by atoms with Gasteiger partial charge in [-0.2, -0.15) is 0 Å². The predicted molar refractivity (Wildman–Crippen MR) is 82.2 cm³/mol. The van der Waals surface area contributed by atoms with Gasteiger partial charge in [-0.25, -0.2) is 0 Å². The number of hydrogen-bond acceptors (Lipinski definition) is 3. The highest BCUT2D eigenvalue weighted by atomic mass is 16.5. The molecule has 0 aromatic heterocycles. The van der Waals surface area contributed by atoms with Crippen LogP contribution in [0.2, 0.25) is 0 Å². The van der Waals surface area contributed by atoms with Crippen molar-refractivity contribution < 1.29 is 19.2 Å². The first-order chi connectivity index (χ1) is 10.1. The van der Waals surface area contributed by atoms with Gasteiger partial charge in [0.05, 0.1) is 45.7 Å². The van der Waals surface area contributed by atoms with Crippen LogP contribution in [0.25, 0.3) is 0 Å². The zero-order valence-corrected chi connectivity index (χ0v) is 13.4. The molecule has 2 rings (SSSR count). The summed E-state index contributed by atoms with van der Waals surface area (Å²) < 4.78 is 10.6. The van der Waals surface area contributed by atoms with E-state index in [1.807, 2.05) is 12.1 Å². The molecule has 1 unspecified atom stereocenters. The predicted octanol–water partition coefficient (Wildman–Crippen LogP) is 1.13. The van der Waals surface area contributed by atoms with Crippen molar-refractivity contribution in [3.8, 4) is 11.5 Å². The maximum absolute atomic E-state index is 11.7. The number of methoxy groups -OCH3 is 2. The fourth-order valence-corrected chi connectivity index (χ4v) is 3.07.